The van der Waals surface area contributed by atoms with Crippen LogP contribution in [0.3, 0.4) is 0 Å². The van der Waals surface area contributed by atoms with E-state index in [4.69, 9.17) is 4.74 Å². The van der Waals surface area contributed by atoms with Gasteiger partial charge in [-0.15, -0.1) is 24.0 Å². The maximum absolute atomic E-state index is 10.7. The van der Waals surface area contributed by atoms with Crippen molar-refractivity contribution in [2.45, 2.75) is 25.5 Å². The zero-order valence-electron chi connectivity index (χ0n) is 16.8. The molecule has 4 rings (SSSR count). The maximum atomic E-state index is 10.7. The van der Waals surface area contributed by atoms with Crippen LogP contribution >= 0.6 is 24.0 Å². The van der Waals surface area contributed by atoms with Crippen molar-refractivity contribution in [2.24, 2.45) is 4.99 Å². The molecule has 0 aromatic carbocycles. The van der Waals surface area contributed by atoms with Crippen molar-refractivity contribution in [1.82, 2.24) is 25.3 Å². The van der Waals surface area contributed by atoms with Gasteiger partial charge in [-0.1, -0.05) is 0 Å². The second-order valence-electron chi connectivity index (χ2n) is 7.95. The van der Waals surface area contributed by atoms with Crippen LogP contribution in [0.2, 0.25) is 0 Å². The zero-order valence-corrected chi connectivity index (χ0v) is 19.2. The Labute approximate surface area is 180 Å². The number of guanidine groups is 1. The first-order chi connectivity index (χ1) is 12.6. The lowest BCUT2D eigenvalue weighted by molar-refractivity contribution is -0.0180. The van der Waals surface area contributed by atoms with Crippen LogP contribution in [0.25, 0.3) is 0 Å². The van der Waals surface area contributed by atoms with E-state index in [0.29, 0.717) is 19.1 Å². The summed E-state index contributed by atoms with van der Waals surface area (Å²) in [5.74, 6) is 0.799. The Morgan fingerprint density at radius 2 is 1.85 bits per heavy atom. The molecule has 4 heterocycles. The molecule has 9 heteroatoms. The fourth-order valence-electron chi connectivity index (χ4n) is 4.01. The molecule has 158 valence electrons. The molecule has 0 aromatic heterocycles. The van der Waals surface area contributed by atoms with Gasteiger partial charge >= 0.3 is 0 Å². The zero-order chi connectivity index (χ0) is 18.4. The Balaban J connectivity index is 0.00000261. The van der Waals surface area contributed by atoms with Crippen molar-refractivity contribution in [2.75, 3.05) is 85.2 Å². The van der Waals surface area contributed by atoms with Gasteiger partial charge in [0.1, 0.15) is 0 Å². The molecule has 0 amide bonds. The summed E-state index contributed by atoms with van der Waals surface area (Å²) < 4.78 is 5.38. The van der Waals surface area contributed by atoms with E-state index >= 15 is 0 Å². The number of rotatable bonds is 7. The molecular formula is C18H37IN6O2. The van der Waals surface area contributed by atoms with Crippen molar-refractivity contribution in [3.63, 3.8) is 0 Å². The minimum absolute atomic E-state index is 0. The van der Waals surface area contributed by atoms with E-state index in [1.807, 2.05) is 6.92 Å². The SMILES string of the molecule is CCNC(=NCC(C)(O)CN1CCOCC1)NCC1CN2CCN1CC2.I. The van der Waals surface area contributed by atoms with Gasteiger partial charge in [-0.05, 0) is 13.8 Å². The van der Waals surface area contributed by atoms with E-state index < -0.39 is 5.60 Å². The Hall–Kier alpha value is -0.200. The number of aliphatic hydroxyl groups is 1. The molecule has 4 aliphatic rings. The fourth-order valence-corrected chi connectivity index (χ4v) is 4.01. The third kappa shape index (κ3) is 7.28. The van der Waals surface area contributed by atoms with E-state index in [-0.39, 0.29) is 24.0 Å². The number of fused-ring (bicyclic) bond motifs is 3. The van der Waals surface area contributed by atoms with Gasteiger partial charge in [0.15, 0.2) is 5.96 Å². The van der Waals surface area contributed by atoms with Crippen molar-refractivity contribution in [3.8, 4) is 0 Å². The van der Waals surface area contributed by atoms with Crippen molar-refractivity contribution in [1.29, 1.82) is 0 Å². The highest BCUT2D eigenvalue weighted by Crippen LogP contribution is 2.14. The number of aliphatic imine (C=N–C) groups is 1. The Kier molecular flexibility index (Phi) is 9.49. The molecule has 2 atom stereocenters. The molecule has 2 bridgehead atoms. The molecular weight excluding hydrogens is 459 g/mol. The van der Waals surface area contributed by atoms with Gasteiger partial charge in [0, 0.05) is 71.5 Å². The average molecular weight is 496 g/mol. The van der Waals surface area contributed by atoms with Crippen molar-refractivity contribution < 1.29 is 9.84 Å². The monoisotopic (exact) mass is 496 g/mol. The summed E-state index contributed by atoms with van der Waals surface area (Å²) in [6.45, 7) is 15.8. The molecule has 2 unspecified atom stereocenters. The second kappa shape index (κ2) is 11.1. The Bertz CT molecular complexity index is 465. The van der Waals surface area contributed by atoms with Gasteiger partial charge in [-0.25, -0.2) is 0 Å². The van der Waals surface area contributed by atoms with E-state index in [9.17, 15) is 5.11 Å². The van der Waals surface area contributed by atoms with Crippen LogP contribution in [0.15, 0.2) is 4.99 Å². The molecule has 0 aliphatic carbocycles. The summed E-state index contributed by atoms with van der Waals surface area (Å²) in [6.07, 6.45) is 0. The second-order valence-corrected chi connectivity index (χ2v) is 7.95. The van der Waals surface area contributed by atoms with Crippen LogP contribution in [-0.2, 0) is 4.74 Å². The number of hydrogen-bond donors (Lipinski definition) is 3. The van der Waals surface area contributed by atoms with Crippen LogP contribution in [0.4, 0.5) is 0 Å². The summed E-state index contributed by atoms with van der Waals surface area (Å²) >= 11 is 0. The summed E-state index contributed by atoms with van der Waals surface area (Å²) in [7, 11) is 0. The van der Waals surface area contributed by atoms with Crippen LogP contribution in [-0.4, -0.2) is 123 Å². The fraction of sp³-hybridized carbons (Fsp3) is 0.944. The number of halogens is 1. The summed E-state index contributed by atoms with van der Waals surface area (Å²) in [5, 5.41) is 17.5. The molecule has 8 nitrogen and oxygen atoms in total. The highest BCUT2D eigenvalue weighted by Gasteiger charge is 2.31. The summed E-state index contributed by atoms with van der Waals surface area (Å²) in [6, 6.07) is 0.551. The molecule has 27 heavy (non-hydrogen) atoms. The predicted octanol–water partition coefficient (Wildman–Crippen LogP) is -0.757. The molecule has 0 saturated carbocycles. The number of ether oxygens (including phenoxy) is 1. The van der Waals surface area contributed by atoms with Crippen molar-refractivity contribution in [3.05, 3.63) is 0 Å². The number of nitrogens with zero attached hydrogens (tertiary/aromatic N) is 4. The Morgan fingerprint density at radius 3 is 2.44 bits per heavy atom. The highest BCUT2D eigenvalue weighted by atomic mass is 127. The lowest BCUT2D eigenvalue weighted by Gasteiger charge is -2.47. The highest BCUT2D eigenvalue weighted by molar-refractivity contribution is 14.0. The third-order valence-corrected chi connectivity index (χ3v) is 5.49. The van der Waals surface area contributed by atoms with Gasteiger partial charge in [0.2, 0.25) is 0 Å². The molecule has 4 fully saturated rings. The van der Waals surface area contributed by atoms with Crippen LogP contribution < -0.4 is 10.6 Å². The van der Waals surface area contributed by atoms with E-state index in [1.165, 1.54) is 26.2 Å². The number of nitrogens with one attached hydrogen (secondary N) is 2. The van der Waals surface area contributed by atoms with Crippen LogP contribution in [0.1, 0.15) is 13.8 Å². The predicted molar refractivity (Wildman–Crippen MR) is 119 cm³/mol. The minimum atomic E-state index is -0.835. The largest absolute Gasteiger partial charge is 0.387 e. The van der Waals surface area contributed by atoms with Crippen LogP contribution in [0, 0.1) is 0 Å². The molecule has 3 N–H and O–H groups in total. The van der Waals surface area contributed by atoms with Crippen molar-refractivity contribution >= 4 is 29.9 Å². The van der Waals surface area contributed by atoms with E-state index in [2.05, 4.69) is 37.2 Å². The lowest BCUT2D eigenvalue weighted by atomic mass is 10.1. The number of piperazine rings is 3. The number of hydrogen-bond acceptors (Lipinski definition) is 6. The third-order valence-electron chi connectivity index (χ3n) is 5.49. The first-order valence-corrected chi connectivity index (χ1v) is 10.1. The van der Waals surface area contributed by atoms with Gasteiger partial charge in [0.05, 0.1) is 25.4 Å². The average Bonchev–Trinajstić information content (AvgIpc) is 2.65. The van der Waals surface area contributed by atoms with Gasteiger partial charge in [-0.2, -0.15) is 0 Å². The smallest absolute Gasteiger partial charge is 0.191 e. The normalized spacial score (nSPS) is 31.1. The molecule has 0 spiro atoms. The van der Waals surface area contributed by atoms with Gasteiger partial charge in [0.25, 0.3) is 0 Å². The minimum Gasteiger partial charge on any atom is -0.387 e. The van der Waals surface area contributed by atoms with E-state index in [1.54, 1.807) is 0 Å². The molecule has 4 aliphatic heterocycles. The van der Waals surface area contributed by atoms with Gasteiger partial charge in [-0.3, -0.25) is 19.7 Å². The lowest BCUT2D eigenvalue weighted by Crippen LogP contribution is -2.63. The first-order valence-electron chi connectivity index (χ1n) is 10.1. The first kappa shape index (κ1) is 23.1. The maximum Gasteiger partial charge on any atom is 0.191 e. The quantitative estimate of drug-likeness (QED) is 0.243. The number of β-amino-alcohol motifs (C(OH)–C–C–N with tert-alkyl or cyclic N) is 1. The number of morpholine rings is 1. The van der Waals surface area contributed by atoms with E-state index in [0.717, 1.165) is 51.9 Å². The van der Waals surface area contributed by atoms with Gasteiger partial charge < -0.3 is 20.5 Å². The standard InChI is InChI=1S/C18H36N6O2.HI/c1-3-19-17(20-12-16-13-22-4-6-24(16)7-5-22)21-14-18(2,25)15-23-8-10-26-11-9-23;/h16,25H,3-15H2,1-2H3,(H2,19,20,21);1H. The molecule has 4 saturated heterocycles. The van der Waals surface area contributed by atoms with Crippen LogP contribution in [0.5, 0.6) is 0 Å². The molecule has 0 radical (unpaired) electrons. The topological polar surface area (TPSA) is 75.6 Å². The Morgan fingerprint density at radius 1 is 1.15 bits per heavy atom. The summed E-state index contributed by atoms with van der Waals surface area (Å²) in [5.41, 5.74) is -0.835. The molecule has 0 aromatic rings. The summed E-state index contributed by atoms with van der Waals surface area (Å²) in [4.78, 5) is 12.0.